The van der Waals surface area contributed by atoms with Gasteiger partial charge in [0.15, 0.2) is 0 Å². The van der Waals surface area contributed by atoms with E-state index in [9.17, 15) is 9.59 Å². The van der Waals surface area contributed by atoms with Gasteiger partial charge in [-0.15, -0.1) is 0 Å². The maximum absolute atomic E-state index is 13.5. The maximum atomic E-state index is 13.5. The van der Waals surface area contributed by atoms with Crippen molar-refractivity contribution in [3.8, 4) is 0 Å². The number of nitrogens with one attached hydrogen (secondary N) is 1. The molecule has 0 aliphatic carbocycles. The van der Waals surface area contributed by atoms with Gasteiger partial charge in [-0.3, -0.25) is 14.6 Å². The van der Waals surface area contributed by atoms with Crippen LogP contribution in [0.2, 0.25) is 0 Å². The first-order valence-corrected chi connectivity index (χ1v) is 11.5. The lowest BCUT2D eigenvalue weighted by Gasteiger charge is -2.18. The maximum Gasteiger partial charge on any atom is 0.274 e. The number of hydrogen-bond acceptors (Lipinski definition) is 4. The minimum Gasteiger partial charge on any atom is -0.350 e. The van der Waals surface area contributed by atoms with Crippen LogP contribution in [0, 0.1) is 0 Å². The van der Waals surface area contributed by atoms with E-state index >= 15 is 0 Å². The number of pyridine rings is 1. The van der Waals surface area contributed by atoms with E-state index in [1.165, 1.54) is 4.68 Å². The molecule has 3 aromatic carbocycles. The predicted octanol–water partition coefficient (Wildman–Crippen LogP) is 4.29. The van der Waals surface area contributed by atoms with Crippen molar-refractivity contribution in [2.45, 2.75) is 19.0 Å². The van der Waals surface area contributed by atoms with Gasteiger partial charge in [-0.05, 0) is 28.8 Å². The Morgan fingerprint density at radius 3 is 2.06 bits per heavy atom. The van der Waals surface area contributed by atoms with Crippen LogP contribution in [0.15, 0.2) is 114 Å². The van der Waals surface area contributed by atoms with Crippen molar-refractivity contribution in [2.75, 3.05) is 0 Å². The molecule has 0 fully saturated rings. The number of benzene rings is 3. The molecule has 0 saturated carbocycles. The highest BCUT2D eigenvalue weighted by Gasteiger charge is 2.23. The topological polar surface area (TPSA) is 76.9 Å². The summed E-state index contributed by atoms with van der Waals surface area (Å²) in [6.07, 6.45) is 3.41. The number of carbonyl (C=O) groups is 1. The van der Waals surface area contributed by atoms with Crippen LogP contribution in [0.3, 0.4) is 0 Å². The van der Waals surface area contributed by atoms with Gasteiger partial charge in [-0.2, -0.15) is 5.10 Å². The number of hydrogen-bond donors (Lipinski definition) is 1. The van der Waals surface area contributed by atoms with Crippen molar-refractivity contribution >= 4 is 16.7 Å². The summed E-state index contributed by atoms with van der Waals surface area (Å²) in [4.78, 5) is 30.7. The molecule has 1 N–H and O–H groups in total. The molecule has 5 aromatic rings. The molecule has 0 spiro atoms. The summed E-state index contributed by atoms with van der Waals surface area (Å²) in [5.41, 5.74) is 3.16. The third kappa shape index (κ3) is 4.87. The molecular weight excluding hydrogens is 436 g/mol. The van der Waals surface area contributed by atoms with Crippen LogP contribution < -0.4 is 10.9 Å². The van der Waals surface area contributed by atoms with E-state index < -0.39 is 5.92 Å². The Balaban J connectivity index is 1.47. The van der Waals surface area contributed by atoms with Crippen molar-refractivity contribution in [3.63, 3.8) is 0 Å². The Morgan fingerprint density at radius 1 is 0.800 bits per heavy atom. The highest BCUT2D eigenvalue weighted by Crippen LogP contribution is 2.25. The van der Waals surface area contributed by atoms with Crippen molar-refractivity contribution < 1.29 is 4.79 Å². The monoisotopic (exact) mass is 460 g/mol. The summed E-state index contributed by atoms with van der Waals surface area (Å²) >= 11 is 0. The summed E-state index contributed by atoms with van der Waals surface area (Å²) in [6, 6.07) is 30.5. The molecule has 172 valence electrons. The van der Waals surface area contributed by atoms with Crippen LogP contribution in [0.1, 0.15) is 28.3 Å². The van der Waals surface area contributed by atoms with Gasteiger partial charge < -0.3 is 5.32 Å². The predicted molar refractivity (Wildman–Crippen MR) is 136 cm³/mol. The Bertz CT molecular complexity index is 1460. The van der Waals surface area contributed by atoms with E-state index in [1.54, 1.807) is 18.5 Å². The number of carbonyl (C=O) groups excluding carboxylic acids is 1. The molecule has 0 atom stereocenters. The lowest BCUT2D eigenvalue weighted by molar-refractivity contribution is -0.121. The van der Waals surface area contributed by atoms with E-state index in [0.717, 1.165) is 22.1 Å². The fourth-order valence-corrected chi connectivity index (χ4v) is 4.27. The van der Waals surface area contributed by atoms with Crippen molar-refractivity contribution in [2.24, 2.45) is 0 Å². The average molecular weight is 461 g/mol. The molecule has 0 aliphatic heterocycles. The van der Waals surface area contributed by atoms with Gasteiger partial charge in [0.25, 0.3) is 5.56 Å². The number of nitrogens with zero attached hydrogens (tertiary/aromatic N) is 3. The van der Waals surface area contributed by atoms with Crippen LogP contribution in [0.4, 0.5) is 0 Å². The fraction of sp³-hybridized carbons (Fsp3) is 0.103. The van der Waals surface area contributed by atoms with Crippen LogP contribution in [0.25, 0.3) is 10.8 Å². The molecule has 0 saturated heterocycles. The summed E-state index contributed by atoms with van der Waals surface area (Å²) in [5, 5.41) is 9.00. The first-order chi connectivity index (χ1) is 17.2. The number of fused-ring (bicyclic) bond motifs is 1. The fourth-order valence-electron chi connectivity index (χ4n) is 4.27. The van der Waals surface area contributed by atoms with Crippen molar-refractivity contribution in [1.82, 2.24) is 20.1 Å². The molecule has 0 bridgehead atoms. The smallest absolute Gasteiger partial charge is 0.274 e. The third-order valence-electron chi connectivity index (χ3n) is 5.96. The number of amides is 1. The molecule has 1 amide bonds. The molecule has 2 heterocycles. The van der Waals surface area contributed by atoms with Crippen LogP contribution in [0.5, 0.6) is 0 Å². The molecule has 0 unspecified atom stereocenters. The van der Waals surface area contributed by atoms with Gasteiger partial charge in [0.2, 0.25) is 5.91 Å². The van der Waals surface area contributed by atoms with Crippen molar-refractivity contribution in [3.05, 3.63) is 142 Å². The highest BCUT2D eigenvalue weighted by atomic mass is 16.2. The average Bonchev–Trinajstić information content (AvgIpc) is 2.91. The van der Waals surface area contributed by atoms with Crippen LogP contribution in [-0.4, -0.2) is 20.7 Å². The Morgan fingerprint density at radius 2 is 1.43 bits per heavy atom. The zero-order valence-corrected chi connectivity index (χ0v) is 19.0. The second-order valence-corrected chi connectivity index (χ2v) is 8.29. The van der Waals surface area contributed by atoms with Crippen molar-refractivity contribution in [1.29, 1.82) is 0 Å². The summed E-state index contributed by atoms with van der Waals surface area (Å²) < 4.78 is 1.44. The number of rotatable bonds is 7. The molecule has 35 heavy (non-hydrogen) atoms. The summed E-state index contributed by atoms with van der Waals surface area (Å²) in [7, 11) is 0. The van der Waals surface area contributed by atoms with E-state index in [-0.39, 0.29) is 18.0 Å². The minimum absolute atomic E-state index is 0.127. The molecule has 6 nitrogen and oxygen atoms in total. The van der Waals surface area contributed by atoms with E-state index in [0.29, 0.717) is 17.6 Å². The molecule has 0 aliphatic rings. The largest absolute Gasteiger partial charge is 0.350 e. The molecular formula is C29H24N4O2. The van der Waals surface area contributed by atoms with Crippen LogP contribution in [-0.2, 0) is 17.9 Å². The zero-order chi connectivity index (χ0) is 24.0. The lowest BCUT2D eigenvalue weighted by atomic mass is 9.90. The number of aromatic nitrogens is 3. The van der Waals surface area contributed by atoms with Gasteiger partial charge in [-0.1, -0.05) is 84.9 Å². The second kappa shape index (κ2) is 10.1. The van der Waals surface area contributed by atoms with Gasteiger partial charge in [-0.25, -0.2) is 4.68 Å². The van der Waals surface area contributed by atoms with Gasteiger partial charge in [0, 0.05) is 17.8 Å². The minimum atomic E-state index is -0.454. The molecule has 5 rings (SSSR count). The molecule has 0 radical (unpaired) electrons. The first kappa shape index (κ1) is 22.2. The quantitative estimate of drug-likeness (QED) is 0.393. The highest BCUT2D eigenvalue weighted by molar-refractivity contribution is 5.88. The Kier molecular flexibility index (Phi) is 6.44. The zero-order valence-electron chi connectivity index (χ0n) is 19.0. The van der Waals surface area contributed by atoms with Gasteiger partial charge in [0.05, 0.1) is 30.1 Å². The van der Waals surface area contributed by atoms with Gasteiger partial charge in [0.1, 0.15) is 0 Å². The first-order valence-electron chi connectivity index (χ1n) is 11.5. The summed E-state index contributed by atoms with van der Waals surface area (Å²) in [5.74, 6) is -0.580. The SMILES string of the molecule is O=C(NCc1nn(Cc2cccnc2)c(=O)c2ccccc12)C(c1ccccc1)c1ccccc1. The Labute approximate surface area is 202 Å². The standard InChI is InChI=1S/C29H24N4O2/c34-28(27(22-11-3-1-4-12-22)23-13-5-2-6-14-23)31-19-26-24-15-7-8-16-25(24)29(35)33(32-26)20-21-10-9-17-30-18-21/h1-18,27H,19-20H2,(H,31,34). The van der Waals surface area contributed by atoms with E-state index in [2.05, 4.69) is 15.4 Å². The third-order valence-corrected chi connectivity index (χ3v) is 5.96. The van der Waals surface area contributed by atoms with E-state index in [1.807, 2.05) is 91.0 Å². The second-order valence-electron chi connectivity index (χ2n) is 8.29. The summed E-state index contributed by atoms with van der Waals surface area (Å²) in [6.45, 7) is 0.498. The lowest BCUT2D eigenvalue weighted by Crippen LogP contribution is -2.32. The van der Waals surface area contributed by atoms with Gasteiger partial charge >= 0.3 is 0 Å². The van der Waals surface area contributed by atoms with E-state index in [4.69, 9.17) is 0 Å². The molecule has 2 aromatic heterocycles. The molecule has 6 heteroatoms. The normalized spacial score (nSPS) is 11.0. The van der Waals surface area contributed by atoms with Crippen LogP contribution >= 0.6 is 0 Å². The Hall–Kier alpha value is -4.58.